The Bertz CT molecular complexity index is 1220. The van der Waals surface area contributed by atoms with Crippen LogP contribution < -0.4 is 5.56 Å². The molecule has 7 nitrogen and oxygen atoms in total. The highest BCUT2D eigenvalue weighted by Gasteiger charge is 2.21. The van der Waals surface area contributed by atoms with Crippen LogP contribution in [0.25, 0.3) is 11.0 Å². The van der Waals surface area contributed by atoms with Crippen LogP contribution in [0.2, 0.25) is 0 Å². The zero-order valence-corrected chi connectivity index (χ0v) is 18.6. The second-order valence-corrected chi connectivity index (χ2v) is 8.60. The lowest BCUT2D eigenvalue weighted by atomic mass is 10.0. The Morgan fingerprint density at radius 3 is 2.55 bits per heavy atom. The molecule has 3 heterocycles. The summed E-state index contributed by atoms with van der Waals surface area (Å²) in [6.45, 7) is 3.10. The maximum atomic E-state index is 13.3. The number of likely N-dealkylation sites (tertiary alicyclic amines) is 1. The number of aliphatic hydroxyl groups is 2. The number of pyridine rings is 2. The molecule has 0 spiro atoms. The highest BCUT2D eigenvalue weighted by Crippen LogP contribution is 2.22. The number of carbonyl (C=O) groups is 1. The van der Waals surface area contributed by atoms with E-state index in [-0.39, 0.29) is 23.7 Å². The monoisotopic (exact) mass is 453 g/mol. The quantitative estimate of drug-likeness (QED) is 0.536. The Hall–Kier alpha value is -3.10. The van der Waals surface area contributed by atoms with E-state index < -0.39 is 6.29 Å². The molecule has 4 rings (SSSR count). The molecule has 0 aliphatic carbocycles. The smallest absolute Gasteiger partial charge is 0.254 e. The van der Waals surface area contributed by atoms with Crippen LogP contribution >= 0.6 is 0 Å². The molecular formula is C25H28FN3O4. The summed E-state index contributed by atoms with van der Waals surface area (Å²) in [5.41, 5.74) is 3.56. The highest BCUT2D eigenvalue weighted by molar-refractivity contribution is 5.80. The molecule has 0 unspecified atom stereocenters. The number of rotatable bonds is 7. The van der Waals surface area contributed by atoms with E-state index in [1.165, 1.54) is 12.1 Å². The van der Waals surface area contributed by atoms with Gasteiger partial charge < -0.3 is 19.7 Å². The topological polar surface area (TPSA) is 95.7 Å². The van der Waals surface area contributed by atoms with Crippen LogP contribution in [0.1, 0.15) is 41.5 Å². The van der Waals surface area contributed by atoms with Gasteiger partial charge in [-0.05, 0) is 61.1 Å². The Balaban J connectivity index is 1.75. The molecule has 3 aromatic rings. The third-order valence-corrected chi connectivity index (χ3v) is 6.24. The number of aromatic nitrogens is 2. The van der Waals surface area contributed by atoms with Crippen LogP contribution in [0.3, 0.4) is 0 Å². The number of hydrogen-bond donors (Lipinski definition) is 2. The molecule has 0 saturated carbocycles. The molecule has 1 amide bonds. The molecular weight excluding hydrogens is 425 g/mol. The van der Waals surface area contributed by atoms with Gasteiger partial charge in [0.15, 0.2) is 6.29 Å². The van der Waals surface area contributed by atoms with Gasteiger partial charge in [0.2, 0.25) is 5.91 Å². The molecule has 8 heteroatoms. The van der Waals surface area contributed by atoms with Gasteiger partial charge in [-0.3, -0.25) is 14.6 Å². The molecule has 1 fully saturated rings. The lowest BCUT2D eigenvalue weighted by molar-refractivity contribution is -0.133. The van der Waals surface area contributed by atoms with Crippen LogP contribution in [-0.4, -0.2) is 50.0 Å². The minimum absolute atomic E-state index is 0.102. The van der Waals surface area contributed by atoms with Crippen LogP contribution in [0.4, 0.5) is 4.39 Å². The third kappa shape index (κ3) is 5.12. The van der Waals surface area contributed by atoms with Gasteiger partial charge >= 0.3 is 0 Å². The van der Waals surface area contributed by atoms with Crippen LogP contribution in [-0.2, 0) is 24.2 Å². The average molecular weight is 454 g/mol. The first kappa shape index (κ1) is 23.1. The van der Waals surface area contributed by atoms with E-state index in [0.717, 1.165) is 24.0 Å². The fraction of sp³-hybridized carbons (Fsp3) is 0.400. The number of aliphatic hydroxyl groups excluding tert-OH is 1. The second-order valence-electron chi connectivity index (χ2n) is 8.60. The normalized spacial score (nSPS) is 14.5. The number of carbonyl (C=O) groups excluding carboxylic acids is 1. The summed E-state index contributed by atoms with van der Waals surface area (Å²) >= 11 is 0. The molecule has 0 atom stereocenters. The second kappa shape index (κ2) is 9.80. The Kier molecular flexibility index (Phi) is 6.85. The SMILES string of the molecule is Cc1c(CC(O)O)c2ncc(Cc3ccc(F)cc3)cc2n(CCN2CCCCC2=O)c1=O. The van der Waals surface area contributed by atoms with Gasteiger partial charge in [-0.25, -0.2) is 4.39 Å². The highest BCUT2D eigenvalue weighted by atomic mass is 19.1. The van der Waals surface area contributed by atoms with E-state index in [1.807, 2.05) is 6.07 Å². The Morgan fingerprint density at radius 1 is 1.09 bits per heavy atom. The predicted molar refractivity (Wildman–Crippen MR) is 122 cm³/mol. The maximum Gasteiger partial charge on any atom is 0.254 e. The zero-order chi connectivity index (χ0) is 23.5. The molecule has 1 aliphatic rings. The Labute approximate surface area is 191 Å². The average Bonchev–Trinajstić information content (AvgIpc) is 2.79. The van der Waals surface area contributed by atoms with Crippen molar-refractivity contribution in [1.29, 1.82) is 0 Å². The van der Waals surface area contributed by atoms with Crippen molar-refractivity contribution in [2.75, 3.05) is 13.1 Å². The number of amides is 1. The van der Waals surface area contributed by atoms with E-state index in [0.29, 0.717) is 54.6 Å². The fourth-order valence-corrected chi connectivity index (χ4v) is 4.46. The van der Waals surface area contributed by atoms with Crippen molar-refractivity contribution in [3.8, 4) is 0 Å². The number of hydrogen-bond acceptors (Lipinski definition) is 5. The fourth-order valence-electron chi connectivity index (χ4n) is 4.46. The van der Waals surface area contributed by atoms with Crippen molar-refractivity contribution in [2.45, 2.75) is 51.9 Å². The van der Waals surface area contributed by atoms with E-state index >= 15 is 0 Å². The number of nitrogens with zero attached hydrogens (tertiary/aromatic N) is 3. The molecule has 0 bridgehead atoms. The first-order valence-electron chi connectivity index (χ1n) is 11.2. The number of fused-ring (bicyclic) bond motifs is 1. The minimum atomic E-state index is -1.60. The summed E-state index contributed by atoms with van der Waals surface area (Å²) in [6, 6.07) is 8.09. The first-order valence-corrected chi connectivity index (χ1v) is 11.2. The van der Waals surface area contributed by atoms with Gasteiger partial charge in [0, 0.05) is 44.2 Å². The van der Waals surface area contributed by atoms with Gasteiger partial charge in [-0.15, -0.1) is 0 Å². The van der Waals surface area contributed by atoms with Gasteiger partial charge in [-0.1, -0.05) is 12.1 Å². The zero-order valence-electron chi connectivity index (χ0n) is 18.6. The minimum Gasteiger partial charge on any atom is -0.368 e. The van der Waals surface area contributed by atoms with E-state index in [1.54, 1.807) is 34.7 Å². The lowest BCUT2D eigenvalue weighted by Gasteiger charge is -2.27. The Morgan fingerprint density at radius 2 is 1.85 bits per heavy atom. The molecule has 2 N–H and O–H groups in total. The molecule has 33 heavy (non-hydrogen) atoms. The van der Waals surface area contributed by atoms with Crippen LogP contribution in [0.5, 0.6) is 0 Å². The molecule has 2 aromatic heterocycles. The van der Waals surface area contributed by atoms with Crippen molar-refractivity contribution in [2.24, 2.45) is 0 Å². The van der Waals surface area contributed by atoms with Crippen molar-refractivity contribution in [1.82, 2.24) is 14.5 Å². The standard InChI is InChI=1S/C25H28FN3O4/c1-16-20(14-23(31)32)24-21(13-18(15-27-24)12-17-5-7-19(26)8-6-17)29(25(16)33)11-10-28-9-3-2-4-22(28)30/h5-8,13,15,23,31-32H,2-4,9-12,14H2,1H3. The molecule has 1 aliphatic heterocycles. The molecule has 1 aromatic carbocycles. The maximum absolute atomic E-state index is 13.3. The summed E-state index contributed by atoms with van der Waals surface area (Å²) < 4.78 is 14.9. The number of halogens is 1. The third-order valence-electron chi connectivity index (χ3n) is 6.24. The van der Waals surface area contributed by atoms with E-state index in [2.05, 4.69) is 4.98 Å². The summed E-state index contributed by atoms with van der Waals surface area (Å²) in [4.78, 5) is 31.9. The van der Waals surface area contributed by atoms with Crippen LogP contribution in [0, 0.1) is 12.7 Å². The molecule has 0 radical (unpaired) electrons. The van der Waals surface area contributed by atoms with E-state index in [9.17, 15) is 24.2 Å². The van der Waals surface area contributed by atoms with Crippen molar-refractivity contribution < 1.29 is 19.4 Å². The largest absolute Gasteiger partial charge is 0.368 e. The van der Waals surface area contributed by atoms with Gasteiger partial charge in [0.1, 0.15) is 5.82 Å². The predicted octanol–water partition coefficient (Wildman–Crippen LogP) is 2.30. The van der Waals surface area contributed by atoms with E-state index in [4.69, 9.17) is 0 Å². The first-order chi connectivity index (χ1) is 15.8. The van der Waals surface area contributed by atoms with Crippen LogP contribution in [0.15, 0.2) is 41.3 Å². The molecule has 1 saturated heterocycles. The number of benzene rings is 1. The lowest BCUT2D eigenvalue weighted by Crippen LogP contribution is -2.39. The van der Waals surface area contributed by atoms with Crippen molar-refractivity contribution >= 4 is 16.9 Å². The summed E-state index contributed by atoms with van der Waals surface area (Å²) in [7, 11) is 0. The van der Waals surface area contributed by atoms with Gasteiger partial charge in [0.05, 0.1) is 11.0 Å². The summed E-state index contributed by atoms with van der Waals surface area (Å²) in [5, 5.41) is 19.1. The van der Waals surface area contributed by atoms with Gasteiger partial charge in [0.25, 0.3) is 5.56 Å². The van der Waals surface area contributed by atoms with Crippen molar-refractivity contribution in [3.05, 3.63) is 75.0 Å². The molecule has 174 valence electrons. The van der Waals surface area contributed by atoms with Crippen molar-refractivity contribution in [3.63, 3.8) is 0 Å². The summed E-state index contributed by atoms with van der Waals surface area (Å²) in [6.07, 6.45) is 2.88. The van der Waals surface area contributed by atoms with Gasteiger partial charge in [-0.2, -0.15) is 0 Å². The summed E-state index contributed by atoms with van der Waals surface area (Å²) in [5.74, 6) is -0.204. The number of piperidine rings is 1.